The molecule has 3 rings (SSSR count). The third kappa shape index (κ3) is 2.50. The van der Waals surface area contributed by atoms with Crippen molar-refractivity contribution in [2.45, 2.75) is 0 Å². The second kappa shape index (κ2) is 5.15. The molecule has 0 fully saturated rings. The van der Waals surface area contributed by atoms with Gasteiger partial charge in [0, 0.05) is 23.2 Å². The van der Waals surface area contributed by atoms with Crippen molar-refractivity contribution in [1.82, 2.24) is 15.0 Å². The van der Waals surface area contributed by atoms with Gasteiger partial charge in [-0.05, 0) is 56.1 Å². The molecule has 1 aromatic carbocycles. The van der Waals surface area contributed by atoms with E-state index in [0.29, 0.717) is 20.1 Å². The van der Waals surface area contributed by atoms with Crippen molar-refractivity contribution in [2.75, 3.05) is 0 Å². The van der Waals surface area contributed by atoms with Crippen LogP contribution in [0.2, 0.25) is 5.02 Å². The lowest BCUT2D eigenvalue weighted by atomic mass is 10.1. The molecule has 0 spiro atoms. The van der Waals surface area contributed by atoms with Gasteiger partial charge in [-0.2, -0.15) is 0 Å². The molecule has 0 amide bonds. The first kappa shape index (κ1) is 13.0. The predicted molar refractivity (Wildman–Crippen MR) is 83.2 cm³/mol. The summed E-state index contributed by atoms with van der Waals surface area (Å²) in [5.41, 5.74) is 1.64. The zero-order valence-electron chi connectivity index (χ0n) is 9.44. The van der Waals surface area contributed by atoms with Crippen LogP contribution < -0.4 is 0 Å². The Kier molecular flexibility index (Phi) is 3.52. The zero-order valence-corrected chi connectivity index (χ0v) is 13.4. The summed E-state index contributed by atoms with van der Waals surface area (Å²) >= 11 is 12.9. The Morgan fingerprint density at radius 3 is 2.47 bits per heavy atom. The minimum Gasteiger partial charge on any atom is -0.255 e. The van der Waals surface area contributed by atoms with Crippen molar-refractivity contribution in [3.63, 3.8) is 0 Å². The summed E-state index contributed by atoms with van der Waals surface area (Å²) in [6, 6.07) is 9.29. The summed E-state index contributed by atoms with van der Waals surface area (Å²) in [6.45, 7) is 0. The number of benzene rings is 1. The quantitative estimate of drug-likeness (QED) is 0.548. The molecule has 0 aliphatic carbocycles. The van der Waals surface area contributed by atoms with E-state index in [-0.39, 0.29) is 0 Å². The minimum absolute atomic E-state index is 0.599. The molecule has 3 aromatic rings. The number of hydrogen-bond acceptors (Lipinski definition) is 3. The summed E-state index contributed by atoms with van der Waals surface area (Å²) in [6.07, 6.45) is 1.73. The first-order valence-corrected chi connectivity index (χ1v) is 7.35. The zero-order chi connectivity index (χ0) is 13.4. The van der Waals surface area contributed by atoms with Gasteiger partial charge in [0.25, 0.3) is 0 Å². The molecule has 0 aliphatic rings. The van der Waals surface area contributed by atoms with Gasteiger partial charge in [-0.15, -0.1) is 0 Å². The standard InChI is InChI=1S/C13H6Br2ClN3/c14-10-6-11(15)19-13(18-10)8-3-4-9(16)7-2-1-5-17-12(7)8/h1-6H. The Labute approximate surface area is 131 Å². The predicted octanol–water partition coefficient (Wildman–Crippen LogP) is 4.87. The number of hydrogen-bond donors (Lipinski definition) is 0. The van der Waals surface area contributed by atoms with Gasteiger partial charge in [0.2, 0.25) is 0 Å². The fourth-order valence-electron chi connectivity index (χ4n) is 1.83. The Bertz CT molecular complexity index is 757. The van der Waals surface area contributed by atoms with Crippen molar-refractivity contribution in [3.05, 3.63) is 50.8 Å². The van der Waals surface area contributed by atoms with Gasteiger partial charge in [-0.1, -0.05) is 11.6 Å². The smallest absolute Gasteiger partial charge is 0.163 e. The minimum atomic E-state index is 0.599. The molecule has 0 radical (unpaired) electrons. The number of nitrogens with zero attached hydrogens (tertiary/aromatic N) is 3. The molecule has 0 N–H and O–H groups in total. The van der Waals surface area contributed by atoms with Crippen molar-refractivity contribution >= 4 is 54.4 Å². The number of pyridine rings is 1. The molecule has 0 bridgehead atoms. The van der Waals surface area contributed by atoms with E-state index in [1.165, 1.54) is 0 Å². The molecule has 6 heteroatoms. The van der Waals surface area contributed by atoms with Gasteiger partial charge in [0.1, 0.15) is 9.21 Å². The van der Waals surface area contributed by atoms with E-state index in [1.54, 1.807) is 12.3 Å². The van der Waals surface area contributed by atoms with E-state index < -0.39 is 0 Å². The van der Waals surface area contributed by atoms with Crippen molar-refractivity contribution in [2.24, 2.45) is 0 Å². The monoisotopic (exact) mass is 397 g/mol. The van der Waals surface area contributed by atoms with E-state index in [2.05, 4.69) is 46.8 Å². The van der Waals surface area contributed by atoms with Crippen LogP contribution in [0.1, 0.15) is 0 Å². The Hall–Kier alpha value is -1.04. The van der Waals surface area contributed by atoms with Crippen LogP contribution in [0.4, 0.5) is 0 Å². The summed E-state index contributed by atoms with van der Waals surface area (Å²) in [5.74, 6) is 0.599. The molecule has 0 saturated heterocycles. The van der Waals surface area contributed by atoms with E-state index >= 15 is 0 Å². The Balaban J connectivity index is 2.34. The molecule has 0 aliphatic heterocycles. The molecule has 0 unspecified atom stereocenters. The number of rotatable bonds is 1. The van der Waals surface area contributed by atoms with Crippen LogP contribution in [0.15, 0.2) is 45.7 Å². The molecule has 94 valence electrons. The van der Waals surface area contributed by atoms with Crippen LogP contribution in [-0.4, -0.2) is 15.0 Å². The lowest BCUT2D eigenvalue weighted by Gasteiger charge is -2.06. The summed E-state index contributed by atoms with van der Waals surface area (Å²) in [5, 5.41) is 1.56. The normalized spacial score (nSPS) is 10.9. The summed E-state index contributed by atoms with van der Waals surface area (Å²) in [4.78, 5) is 13.1. The van der Waals surface area contributed by atoms with Crippen molar-refractivity contribution in [1.29, 1.82) is 0 Å². The maximum atomic E-state index is 6.18. The van der Waals surface area contributed by atoms with Crippen LogP contribution >= 0.6 is 43.5 Å². The maximum absolute atomic E-state index is 6.18. The molecule has 0 saturated carbocycles. The van der Waals surface area contributed by atoms with Gasteiger partial charge >= 0.3 is 0 Å². The van der Waals surface area contributed by atoms with Crippen LogP contribution in [0.25, 0.3) is 22.3 Å². The number of halogens is 3. The topological polar surface area (TPSA) is 38.7 Å². The average molecular weight is 399 g/mol. The van der Waals surface area contributed by atoms with Crippen LogP contribution in [0.5, 0.6) is 0 Å². The molecule has 2 aromatic heterocycles. The van der Waals surface area contributed by atoms with Gasteiger partial charge in [-0.25, -0.2) is 9.97 Å². The van der Waals surface area contributed by atoms with Gasteiger partial charge < -0.3 is 0 Å². The highest BCUT2D eigenvalue weighted by molar-refractivity contribution is 9.11. The molecule has 0 atom stereocenters. The molecule has 3 nitrogen and oxygen atoms in total. The highest BCUT2D eigenvalue weighted by Crippen LogP contribution is 2.31. The second-order valence-electron chi connectivity index (χ2n) is 3.83. The Morgan fingerprint density at radius 1 is 1.00 bits per heavy atom. The fourth-order valence-corrected chi connectivity index (χ4v) is 3.12. The molecular formula is C13H6Br2ClN3. The SMILES string of the molecule is Clc1ccc(-c2nc(Br)cc(Br)n2)c2ncccc12. The van der Waals surface area contributed by atoms with E-state index in [4.69, 9.17) is 11.6 Å². The van der Waals surface area contributed by atoms with E-state index in [1.807, 2.05) is 24.3 Å². The van der Waals surface area contributed by atoms with Crippen molar-refractivity contribution < 1.29 is 0 Å². The van der Waals surface area contributed by atoms with Crippen LogP contribution in [-0.2, 0) is 0 Å². The Morgan fingerprint density at radius 2 is 1.74 bits per heavy atom. The first-order chi connectivity index (χ1) is 9.15. The van der Waals surface area contributed by atoms with E-state index in [9.17, 15) is 0 Å². The third-order valence-electron chi connectivity index (χ3n) is 2.62. The molecular weight excluding hydrogens is 393 g/mol. The van der Waals surface area contributed by atoms with Crippen molar-refractivity contribution in [3.8, 4) is 11.4 Å². The second-order valence-corrected chi connectivity index (χ2v) is 5.86. The number of aromatic nitrogens is 3. The highest BCUT2D eigenvalue weighted by Gasteiger charge is 2.11. The highest BCUT2D eigenvalue weighted by atomic mass is 79.9. The molecule has 2 heterocycles. The van der Waals surface area contributed by atoms with Gasteiger partial charge in [0.05, 0.1) is 10.5 Å². The molecule has 19 heavy (non-hydrogen) atoms. The van der Waals surface area contributed by atoms with Gasteiger partial charge in [0.15, 0.2) is 5.82 Å². The summed E-state index contributed by atoms with van der Waals surface area (Å²) in [7, 11) is 0. The maximum Gasteiger partial charge on any atom is 0.163 e. The fraction of sp³-hybridized carbons (Fsp3) is 0. The summed E-state index contributed by atoms with van der Waals surface area (Å²) < 4.78 is 1.42. The van der Waals surface area contributed by atoms with Crippen LogP contribution in [0.3, 0.4) is 0 Å². The number of fused-ring (bicyclic) bond motifs is 1. The largest absolute Gasteiger partial charge is 0.255 e. The third-order valence-corrected chi connectivity index (χ3v) is 3.76. The lowest BCUT2D eigenvalue weighted by molar-refractivity contribution is 1.12. The van der Waals surface area contributed by atoms with E-state index in [0.717, 1.165) is 16.5 Å². The first-order valence-electron chi connectivity index (χ1n) is 5.39. The van der Waals surface area contributed by atoms with Gasteiger partial charge in [-0.3, -0.25) is 4.98 Å². The van der Waals surface area contributed by atoms with Crippen LogP contribution in [0, 0.1) is 0 Å². The average Bonchev–Trinajstić information content (AvgIpc) is 2.38. The lowest BCUT2D eigenvalue weighted by Crippen LogP contribution is -1.93.